The minimum Gasteiger partial charge on any atom is -0.398 e. The molecule has 5 heteroatoms. The Morgan fingerprint density at radius 2 is 1.76 bits per heavy atom. The molecule has 0 aliphatic heterocycles. The lowest BCUT2D eigenvalue weighted by atomic mass is 10.1. The van der Waals surface area contributed by atoms with Gasteiger partial charge in [-0.1, -0.05) is 35.9 Å². The van der Waals surface area contributed by atoms with Crippen molar-refractivity contribution in [3.63, 3.8) is 0 Å². The second-order valence-electron chi connectivity index (χ2n) is 5.23. The van der Waals surface area contributed by atoms with E-state index in [9.17, 15) is 8.42 Å². The summed E-state index contributed by atoms with van der Waals surface area (Å²) in [5.74, 6) is 0. The first-order valence-electron chi connectivity index (χ1n) is 6.69. The molecule has 0 unspecified atom stereocenters. The lowest BCUT2D eigenvalue weighted by Crippen LogP contribution is -2.27. The zero-order chi connectivity index (χ0) is 15.6. The molecule has 0 aliphatic carbocycles. The molecule has 0 spiro atoms. The highest BCUT2D eigenvalue weighted by Crippen LogP contribution is 2.23. The number of para-hydroxylation sites is 1. The summed E-state index contributed by atoms with van der Waals surface area (Å²) in [6, 6.07) is 12.5. The van der Waals surface area contributed by atoms with Crippen LogP contribution in [0.25, 0.3) is 0 Å². The van der Waals surface area contributed by atoms with Gasteiger partial charge < -0.3 is 5.73 Å². The van der Waals surface area contributed by atoms with Gasteiger partial charge in [0.25, 0.3) is 0 Å². The van der Waals surface area contributed by atoms with Gasteiger partial charge in [0.1, 0.15) is 4.90 Å². The summed E-state index contributed by atoms with van der Waals surface area (Å²) in [6.07, 6.45) is 0. The van der Waals surface area contributed by atoms with E-state index < -0.39 is 10.0 Å². The highest BCUT2D eigenvalue weighted by atomic mass is 32.2. The zero-order valence-electron chi connectivity index (χ0n) is 12.5. The number of nitrogen functional groups attached to an aromatic ring is 1. The molecule has 21 heavy (non-hydrogen) atoms. The quantitative estimate of drug-likeness (QED) is 0.883. The molecular weight excluding hydrogens is 284 g/mol. The highest BCUT2D eigenvalue weighted by Gasteiger charge is 2.23. The van der Waals surface area contributed by atoms with Crippen LogP contribution in [0.5, 0.6) is 0 Å². The second-order valence-corrected chi connectivity index (χ2v) is 7.24. The third kappa shape index (κ3) is 3.25. The normalized spacial score (nSPS) is 11.8. The van der Waals surface area contributed by atoms with Crippen molar-refractivity contribution < 1.29 is 8.42 Å². The Labute approximate surface area is 126 Å². The van der Waals surface area contributed by atoms with Crippen LogP contribution < -0.4 is 5.73 Å². The summed E-state index contributed by atoms with van der Waals surface area (Å²) in [5, 5.41) is 0. The third-order valence-corrected chi connectivity index (χ3v) is 5.38. The topological polar surface area (TPSA) is 63.4 Å². The molecule has 0 saturated heterocycles. The van der Waals surface area contributed by atoms with E-state index in [1.165, 1.54) is 10.4 Å². The Morgan fingerprint density at radius 1 is 1.10 bits per heavy atom. The largest absolute Gasteiger partial charge is 0.398 e. The van der Waals surface area contributed by atoms with Gasteiger partial charge in [0.05, 0.1) is 5.69 Å². The fraction of sp³-hybridized carbons (Fsp3) is 0.250. The molecule has 112 valence electrons. The fourth-order valence-electron chi connectivity index (χ4n) is 2.23. The number of hydrogen-bond acceptors (Lipinski definition) is 3. The summed E-state index contributed by atoms with van der Waals surface area (Å²) in [4.78, 5) is 0.150. The number of benzene rings is 2. The number of nitrogens with two attached hydrogens (primary N) is 1. The average molecular weight is 304 g/mol. The molecule has 0 aliphatic rings. The monoisotopic (exact) mass is 304 g/mol. The maximum Gasteiger partial charge on any atom is 0.245 e. The van der Waals surface area contributed by atoms with E-state index in [0.717, 1.165) is 16.7 Å². The summed E-state index contributed by atoms with van der Waals surface area (Å²) < 4.78 is 26.5. The van der Waals surface area contributed by atoms with E-state index >= 15 is 0 Å². The fourth-order valence-corrected chi connectivity index (χ4v) is 3.49. The van der Waals surface area contributed by atoms with Crippen molar-refractivity contribution in [1.82, 2.24) is 4.31 Å². The maximum absolute atomic E-state index is 12.6. The van der Waals surface area contributed by atoms with E-state index in [1.807, 2.05) is 32.0 Å². The molecular formula is C16H20N2O2S. The van der Waals surface area contributed by atoms with Gasteiger partial charge >= 0.3 is 0 Å². The minimum atomic E-state index is -3.59. The Morgan fingerprint density at radius 3 is 2.38 bits per heavy atom. The lowest BCUT2D eigenvalue weighted by molar-refractivity contribution is 0.466. The molecule has 0 fully saturated rings. The molecule has 0 atom stereocenters. The predicted octanol–water partition coefficient (Wildman–Crippen LogP) is 2.71. The first kappa shape index (κ1) is 15.5. The van der Waals surface area contributed by atoms with E-state index in [0.29, 0.717) is 6.54 Å². The molecule has 0 heterocycles. The van der Waals surface area contributed by atoms with Crippen LogP contribution in [0.4, 0.5) is 5.69 Å². The van der Waals surface area contributed by atoms with Crippen LogP contribution in [-0.4, -0.2) is 19.8 Å². The SMILES string of the molecule is Cc1ccc(CN(C)S(=O)(=O)c2ccccc2N)c(C)c1. The summed E-state index contributed by atoms with van der Waals surface area (Å²) in [7, 11) is -2.02. The number of anilines is 1. The third-order valence-electron chi connectivity index (χ3n) is 3.50. The zero-order valence-corrected chi connectivity index (χ0v) is 13.3. The molecule has 4 nitrogen and oxygen atoms in total. The van der Waals surface area contributed by atoms with E-state index in [-0.39, 0.29) is 10.6 Å². The summed E-state index contributed by atoms with van der Waals surface area (Å²) in [5.41, 5.74) is 9.28. The first-order valence-corrected chi connectivity index (χ1v) is 8.13. The molecule has 2 aromatic carbocycles. The van der Waals surface area contributed by atoms with Crippen molar-refractivity contribution in [2.45, 2.75) is 25.3 Å². The van der Waals surface area contributed by atoms with Crippen LogP contribution in [0.15, 0.2) is 47.4 Å². The number of aryl methyl sites for hydroxylation is 2. The summed E-state index contributed by atoms with van der Waals surface area (Å²) >= 11 is 0. The highest BCUT2D eigenvalue weighted by molar-refractivity contribution is 7.89. The van der Waals surface area contributed by atoms with Crippen LogP contribution >= 0.6 is 0 Å². The molecule has 0 aromatic heterocycles. The van der Waals surface area contributed by atoms with Gasteiger partial charge in [-0.25, -0.2) is 8.42 Å². The Hall–Kier alpha value is -1.85. The summed E-state index contributed by atoms with van der Waals surface area (Å²) in [6.45, 7) is 4.32. The lowest BCUT2D eigenvalue weighted by Gasteiger charge is -2.19. The van der Waals surface area contributed by atoms with Gasteiger partial charge in [0.2, 0.25) is 10.0 Å². The van der Waals surface area contributed by atoms with Crippen molar-refractivity contribution in [1.29, 1.82) is 0 Å². The van der Waals surface area contributed by atoms with Crippen LogP contribution in [0.3, 0.4) is 0 Å². The van der Waals surface area contributed by atoms with Gasteiger partial charge in [-0.3, -0.25) is 0 Å². The van der Waals surface area contributed by atoms with Gasteiger partial charge in [-0.05, 0) is 37.1 Å². The second kappa shape index (κ2) is 5.87. The molecule has 2 aromatic rings. The van der Waals surface area contributed by atoms with Crippen molar-refractivity contribution in [2.75, 3.05) is 12.8 Å². The van der Waals surface area contributed by atoms with Crippen molar-refractivity contribution in [3.05, 3.63) is 59.2 Å². The Kier molecular flexibility index (Phi) is 4.34. The maximum atomic E-state index is 12.6. The van der Waals surface area contributed by atoms with Crippen LogP contribution in [-0.2, 0) is 16.6 Å². The van der Waals surface area contributed by atoms with Crippen LogP contribution in [0.1, 0.15) is 16.7 Å². The minimum absolute atomic E-state index is 0.150. The Bertz CT molecular complexity index is 755. The van der Waals surface area contributed by atoms with Crippen molar-refractivity contribution >= 4 is 15.7 Å². The standard InChI is InChI=1S/C16H20N2O2S/c1-12-8-9-14(13(2)10-12)11-18(3)21(19,20)16-7-5-4-6-15(16)17/h4-10H,11,17H2,1-3H3. The molecule has 0 radical (unpaired) electrons. The number of sulfonamides is 1. The first-order chi connectivity index (χ1) is 9.82. The van der Waals surface area contributed by atoms with Crippen LogP contribution in [0, 0.1) is 13.8 Å². The molecule has 2 rings (SSSR count). The van der Waals surface area contributed by atoms with Crippen molar-refractivity contribution in [2.24, 2.45) is 0 Å². The van der Waals surface area contributed by atoms with E-state index in [2.05, 4.69) is 0 Å². The van der Waals surface area contributed by atoms with Crippen LogP contribution in [0.2, 0.25) is 0 Å². The van der Waals surface area contributed by atoms with Gasteiger partial charge in [-0.2, -0.15) is 4.31 Å². The molecule has 0 bridgehead atoms. The molecule has 0 amide bonds. The number of nitrogens with zero attached hydrogens (tertiary/aromatic N) is 1. The molecule has 2 N–H and O–H groups in total. The predicted molar refractivity (Wildman–Crippen MR) is 85.4 cm³/mol. The smallest absolute Gasteiger partial charge is 0.245 e. The van der Waals surface area contributed by atoms with Crippen molar-refractivity contribution in [3.8, 4) is 0 Å². The molecule has 0 saturated carbocycles. The van der Waals surface area contributed by atoms with Gasteiger partial charge in [0.15, 0.2) is 0 Å². The number of hydrogen-bond donors (Lipinski definition) is 1. The number of rotatable bonds is 4. The van der Waals surface area contributed by atoms with Gasteiger partial charge in [-0.15, -0.1) is 0 Å². The van der Waals surface area contributed by atoms with E-state index in [4.69, 9.17) is 5.73 Å². The van der Waals surface area contributed by atoms with E-state index in [1.54, 1.807) is 25.2 Å². The Balaban J connectivity index is 2.31. The average Bonchev–Trinajstić information content (AvgIpc) is 2.42. The van der Waals surface area contributed by atoms with Gasteiger partial charge in [0, 0.05) is 13.6 Å².